The largest absolute Gasteiger partial charge is 0.497 e. The molecule has 0 amide bonds. The van der Waals surface area contributed by atoms with E-state index in [2.05, 4.69) is 10.3 Å². The molecule has 0 aliphatic rings. The van der Waals surface area contributed by atoms with Crippen LogP contribution in [0, 0.1) is 0 Å². The SMILES string of the molecule is COc1ccc(-[n+]2[nH]oc(=O)c2Cn2cnc3ccccc32)cc1. The van der Waals surface area contributed by atoms with Crippen molar-refractivity contribution in [1.29, 1.82) is 0 Å². The molecule has 24 heavy (non-hydrogen) atoms. The average molecular weight is 323 g/mol. The van der Waals surface area contributed by atoms with Gasteiger partial charge in [0.2, 0.25) is 5.69 Å². The Morgan fingerprint density at radius 3 is 2.79 bits per heavy atom. The number of imidazole rings is 1. The van der Waals surface area contributed by atoms with Gasteiger partial charge in [0.25, 0.3) is 0 Å². The highest BCUT2D eigenvalue weighted by atomic mass is 16.5. The van der Waals surface area contributed by atoms with Crippen LogP contribution >= 0.6 is 0 Å². The van der Waals surface area contributed by atoms with E-state index in [1.54, 1.807) is 18.1 Å². The van der Waals surface area contributed by atoms with Crippen LogP contribution in [0.4, 0.5) is 0 Å². The molecule has 0 atom stereocenters. The summed E-state index contributed by atoms with van der Waals surface area (Å²) in [6.07, 6.45) is 1.72. The molecule has 7 nitrogen and oxygen atoms in total. The lowest BCUT2D eigenvalue weighted by Crippen LogP contribution is -2.39. The summed E-state index contributed by atoms with van der Waals surface area (Å²) in [5, 5.41) is 2.64. The number of rotatable bonds is 4. The molecule has 0 spiro atoms. The van der Waals surface area contributed by atoms with E-state index < -0.39 is 5.63 Å². The minimum absolute atomic E-state index is 0.346. The first-order chi connectivity index (χ1) is 11.8. The van der Waals surface area contributed by atoms with Crippen molar-refractivity contribution in [2.24, 2.45) is 0 Å². The van der Waals surface area contributed by atoms with Crippen LogP contribution in [-0.2, 0) is 6.54 Å². The van der Waals surface area contributed by atoms with Gasteiger partial charge in [-0.3, -0.25) is 4.52 Å². The van der Waals surface area contributed by atoms with Crippen LogP contribution in [0.5, 0.6) is 5.75 Å². The minimum atomic E-state index is -0.413. The van der Waals surface area contributed by atoms with Crippen LogP contribution in [0.2, 0.25) is 0 Å². The van der Waals surface area contributed by atoms with Crippen LogP contribution in [0.15, 0.2) is 64.2 Å². The Morgan fingerprint density at radius 1 is 1.21 bits per heavy atom. The number of nitrogens with zero attached hydrogens (tertiary/aromatic N) is 3. The minimum Gasteiger partial charge on any atom is -0.497 e. The zero-order valence-electron chi connectivity index (χ0n) is 13.0. The monoisotopic (exact) mass is 323 g/mol. The van der Waals surface area contributed by atoms with Crippen molar-refractivity contribution in [1.82, 2.24) is 14.8 Å². The number of para-hydroxylation sites is 2. The first-order valence-corrected chi connectivity index (χ1v) is 7.43. The lowest BCUT2D eigenvalue weighted by molar-refractivity contribution is -0.677. The van der Waals surface area contributed by atoms with Crippen molar-refractivity contribution in [2.75, 3.05) is 7.11 Å². The molecule has 0 unspecified atom stereocenters. The van der Waals surface area contributed by atoms with Gasteiger partial charge >= 0.3 is 11.3 Å². The van der Waals surface area contributed by atoms with Crippen LogP contribution in [0.3, 0.4) is 0 Å². The van der Waals surface area contributed by atoms with Gasteiger partial charge in [-0.05, 0) is 34.2 Å². The molecular weight excluding hydrogens is 308 g/mol. The molecule has 2 aromatic carbocycles. The number of fused-ring (bicyclic) bond motifs is 1. The van der Waals surface area contributed by atoms with Crippen molar-refractivity contribution in [3.05, 3.63) is 71.0 Å². The maximum absolute atomic E-state index is 12.1. The normalized spacial score (nSPS) is 11.0. The second kappa shape index (κ2) is 5.69. The van der Waals surface area contributed by atoms with Crippen LogP contribution in [0.1, 0.15) is 5.69 Å². The molecule has 0 aliphatic carbocycles. The van der Waals surface area contributed by atoms with Gasteiger partial charge in [0.1, 0.15) is 12.3 Å². The summed E-state index contributed by atoms with van der Waals surface area (Å²) in [5.74, 6) is 0.743. The number of H-pyrrole nitrogens is 1. The first-order valence-electron chi connectivity index (χ1n) is 7.43. The molecule has 7 heteroatoms. The molecule has 4 aromatic rings. The third kappa shape index (κ3) is 2.36. The predicted molar refractivity (Wildman–Crippen MR) is 86.2 cm³/mol. The van der Waals surface area contributed by atoms with Gasteiger partial charge in [-0.1, -0.05) is 12.1 Å². The fourth-order valence-corrected chi connectivity index (χ4v) is 2.67. The first kappa shape index (κ1) is 14.3. The number of hydrogen-bond donors (Lipinski definition) is 1. The van der Waals surface area contributed by atoms with E-state index in [1.165, 1.54) is 0 Å². The second-order valence-corrected chi connectivity index (χ2v) is 5.32. The van der Waals surface area contributed by atoms with E-state index >= 15 is 0 Å². The molecule has 2 heterocycles. The maximum atomic E-state index is 12.1. The molecule has 4 rings (SSSR count). The second-order valence-electron chi connectivity index (χ2n) is 5.32. The van der Waals surface area contributed by atoms with Gasteiger partial charge in [0.05, 0.1) is 24.5 Å². The van der Waals surface area contributed by atoms with Crippen molar-refractivity contribution in [3.8, 4) is 11.4 Å². The Balaban J connectivity index is 1.76. The summed E-state index contributed by atoms with van der Waals surface area (Å²) in [6.45, 7) is 0.346. The van der Waals surface area contributed by atoms with Crippen LogP contribution < -0.4 is 15.0 Å². The van der Waals surface area contributed by atoms with Gasteiger partial charge in [-0.25, -0.2) is 9.78 Å². The fourth-order valence-electron chi connectivity index (χ4n) is 2.67. The number of hydrogen-bond acceptors (Lipinski definition) is 4. The van der Waals surface area contributed by atoms with Crippen molar-refractivity contribution >= 4 is 11.0 Å². The van der Waals surface area contributed by atoms with E-state index in [0.29, 0.717) is 12.2 Å². The molecule has 0 radical (unpaired) electrons. The van der Waals surface area contributed by atoms with Crippen molar-refractivity contribution in [3.63, 3.8) is 0 Å². The predicted octanol–water partition coefficient (Wildman–Crippen LogP) is 1.65. The van der Waals surface area contributed by atoms with Gasteiger partial charge in [-0.15, -0.1) is 0 Å². The van der Waals surface area contributed by atoms with Crippen LogP contribution in [0.25, 0.3) is 16.7 Å². The summed E-state index contributed by atoms with van der Waals surface area (Å²) in [6, 6.07) is 15.1. The van der Waals surface area contributed by atoms with Gasteiger partial charge in [0, 0.05) is 12.1 Å². The van der Waals surface area contributed by atoms with Gasteiger partial charge in [0.15, 0.2) is 0 Å². The zero-order valence-corrected chi connectivity index (χ0v) is 13.0. The fraction of sp³-hybridized carbons (Fsp3) is 0.118. The summed E-state index contributed by atoms with van der Waals surface area (Å²) in [7, 11) is 1.61. The molecule has 0 fully saturated rings. The summed E-state index contributed by atoms with van der Waals surface area (Å²) >= 11 is 0. The van der Waals surface area contributed by atoms with Gasteiger partial charge < -0.3 is 9.30 Å². The highest BCUT2D eigenvalue weighted by molar-refractivity contribution is 5.74. The molecule has 0 bridgehead atoms. The topological polar surface area (TPSA) is 76.9 Å². The zero-order chi connectivity index (χ0) is 16.5. The third-order valence-electron chi connectivity index (χ3n) is 3.91. The number of ether oxygens (including phenoxy) is 1. The molecule has 2 aromatic heterocycles. The summed E-state index contributed by atoms with van der Waals surface area (Å²) in [5.41, 5.74) is 2.68. The highest BCUT2D eigenvalue weighted by Gasteiger charge is 2.24. The number of methoxy groups -OCH3 is 1. The van der Waals surface area contributed by atoms with Crippen LogP contribution in [-0.4, -0.2) is 21.9 Å². The maximum Gasteiger partial charge on any atom is 0.432 e. The molecule has 1 N–H and O–H groups in total. The van der Waals surface area contributed by atoms with Crippen molar-refractivity contribution < 1.29 is 13.9 Å². The third-order valence-corrected chi connectivity index (χ3v) is 3.91. The Hall–Kier alpha value is -3.35. The quantitative estimate of drug-likeness (QED) is 0.579. The molecule has 120 valence electrons. The van der Waals surface area contributed by atoms with E-state index in [9.17, 15) is 4.79 Å². The van der Waals surface area contributed by atoms with E-state index in [1.807, 2.05) is 53.1 Å². The van der Waals surface area contributed by atoms with E-state index in [4.69, 9.17) is 9.26 Å². The Bertz CT molecular complexity index is 1040. The number of benzene rings is 2. The Labute approximate surface area is 136 Å². The Morgan fingerprint density at radius 2 is 2.00 bits per heavy atom. The van der Waals surface area contributed by atoms with E-state index in [0.717, 1.165) is 22.5 Å². The summed E-state index contributed by atoms with van der Waals surface area (Å²) < 4.78 is 13.7. The standard InChI is InChI=1S/C17H14N4O3/c1-23-13-8-6-12(7-9-13)21-16(17(22)24-19-21)10-20-11-18-14-4-2-3-5-15(14)20/h2-9,11H,10H2,1H3/p+1. The number of aromatic amines is 1. The summed E-state index contributed by atoms with van der Waals surface area (Å²) in [4.78, 5) is 16.5. The Kier molecular flexibility index (Phi) is 3.38. The molecule has 0 saturated carbocycles. The number of nitrogens with one attached hydrogen (secondary N) is 1. The average Bonchev–Trinajstić information content (AvgIpc) is 3.20. The lowest BCUT2D eigenvalue weighted by atomic mass is 10.3. The molecule has 0 aliphatic heterocycles. The van der Waals surface area contributed by atoms with Crippen molar-refractivity contribution in [2.45, 2.75) is 6.54 Å². The lowest BCUT2D eigenvalue weighted by Gasteiger charge is -2.00. The highest BCUT2D eigenvalue weighted by Crippen LogP contribution is 2.14. The smallest absolute Gasteiger partial charge is 0.432 e. The molecular formula is C17H15N4O3+. The number of aromatic nitrogens is 4. The molecule has 0 saturated heterocycles. The van der Waals surface area contributed by atoms with Gasteiger partial charge in [-0.2, -0.15) is 0 Å². The van der Waals surface area contributed by atoms with E-state index in [-0.39, 0.29) is 0 Å².